The van der Waals surface area contributed by atoms with Crippen LogP contribution in [0.2, 0.25) is 0 Å². The molecule has 3 aromatic heterocycles. The normalized spacial score (nSPS) is 12.8. The first-order valence-corrected chi connectivity index (χ1v) is 8.69. The van der Waals surface area contributed by atoms with Crippen LogP contribution in [0.4, 0.5) is 5.82 Å². The maximum Gasteiger partial charge on any atom is 0.163 e. The number of fused-ring (bicyclic) bond motifs is 2. The van der Waals surface area contributed by atoms with Crippen molar-refractivity contribution < 1.29 is 0 Å². The minimum absolute atomic E-state index is 0.296. The number of thiazole rings is 1. The van der Waals surface area contributed by atoms with Crippen molar-refractivity contribution in [1.82, 2.24) is 24.7 Å². The SMILES string of the molecule is Cc1nc(NCC(C)c2nc3ccccc3s2)c2cnn(C)c2n1. The van der Waals surface area contributed by atoms with Gasteiger partial charge in [0.15, 0.2) is 5.65 Å². The van der Waals surface area contributed by atoms with Gasteiger partial charge in [0, 0.05) is 19.5 Å². The number of hydrogen-bond acceptors (Lipinski definition) is 6. The average molecular weight is 338 g/mol. The van der Waals surface area contributed by atoms with Gasteiger partial charge in [0.25, 0.3) is 0 Å². The second-order valence-corrected chi connectivity index (χ2v) is 6.99. The number of benzene rings is 1. The Morgan fingerprint density at radius 3 is 2.88 bits per heavy atom. The predicted molar refractivity (Wildman–Crippen MR) is 97.6 cm³/mol. The molecule has 1 unspecified atom stereocenters. The molecule has 24 heavy (non-hydrogen) atoms. The van der Waals surface area contributed by atoms with Crippen LogP contribution < -0.4 is 5.32 Å². The van der Waals surface area contributed by atoms with Gasteiger partial charge in [-0.05, 0) is 19.1 Å². The van der Waals surface area contributed by atoms with Crippen molar-refractivity contribution in [2.75, 3.05) is 11.9 Å². The molecule has 0 aliphatic carbocycles. The zero-order chi connectivity index (χ0) is 16.7. The van der Waals surface area contributed by atoms with Crippen molar-refractivity contribution in [2.24, 2.45) is 7.05 Å². The molecule has 0 aliphatic heterocycles. The van der Waals surface area contributed by atoms with Crippen LogP contribution in [-0.4, -0.2) is 31.3 Å². The molecule has 1 N–H and O–H groups in total. The van der Waals surface area contributed by atoms with Gasteiger partial charge in [0.1, 0.15) is 11.6 Å². The van der Waals surface area contributed by atoms with Crippen molar-refractivity contribution in [3.05, 3.63) is 41.3 Å². The molecule has 6 nitrogen and oxygen atoms in total. The van der Waals surface area contributed by atoms with E-state index in [0.29, 0.717) is 5.92 Å². The van der Waals surface area contributed by atoms with E-state index in [2.05, 4.69) is 45.5 Å². The zero-order valence-electron chi connectivity index (χ0n) is 13.8. The van der Waals surface area contributed by atoms with Crippen LogP contribution >= 0.6 is 11.3 Å². The summed E-state index contributed by atoms with van der Waals surface area (Å²) in [6, 6.07) is 8.25. The lowest BCUT2D eigenvalue weighted by Crippen LogP contribution is -2.11. The third-order valence-electron chi connectivity index (χ3n) is 4.01. The highest BCUT2D eigenvalue weighted by atomic mass is 32.1. The number of hydrogen-bond donors (Lipinski definition) is 1. The van der Waals surface area contributed by atoms with E-state index in [1.807, 2.05) is 20.0 Å². The van der Waals surface area contributed by atoms with Gasteiger partial charge in [0.2, 0.25) is 0 Å². The number of rotatable bonds is 4. The van der Waals surface area contributed by atoms with Crippen molar-refractivity contribution >= 4 is 38.4 Å². The first-order chi connectivity index (χ1) is 11.6. The lowest BCUT2D eigenvalue weighted by molar-refractivity contribution is 0.781. The van der Waals surface area contributed by atoms with E-state index in [-0.39, 0.29) is 0 Å². The molecule has 7 heteroatoms. The van der Waals surface area contributed by atoms with Crippen LogP contribution in [-0.2, 0) is 7.05 Å². The number of anilines is 1. The number of aryl methyl sites for hydroxylation is 2. The highest BCUT2D eigenvalue weighted by molar-refractivity contribution is 7.18. The Hall–Kier alpha value is -2.54. The largest absolute Gasteiger partial charge is 0.369 e. The first-order valence-electron chi connectivity index (χ1n) is 7.87. The minimum atomic E-state index is 0.296. The van der Waals surface area contributed by atoms with Gasteiger partial charge < -0.3 is 5.32 Å². The lowest BCUT2D eigenvalue weighted by atomic mass is 10.2. The van der Waals surface area contributed by atoms with E-state index >= 15 is 0 Å². The quantitative estimate of drug-likeness (QED) is 0.617. The molecular formula is C17H18N6S. The molecule has 1 aromatic carbocycles. The Morgan fingerprint density at radius 2 is 2.04 bits per heavy atom. The van der Waals surface area contributed by atoms with Crippen LogP contribution in [0, 0.1) is 6.92 Å². The molecule has 0 saturated carbocycles. The van der Waals surface area contributed by atoms with E-state index in [1.165, 1.54) is 4.70 Å². The molecule has 0 radical (unpaired) electrons. The fourth-order valence-corrected chi connectivity index (χ4v) is 3.72. The topological polar surface area (TPSA) is 68.5 Å². The van der Waals surface area contributed by atoms with E-state index in [0.717, 1.165) is 39.7 Å². The standard InChI is InChI=1S/C17H18N6S/c1-10(17-22-13-6-4-5-7-14(13)24-17)8-18-15-12-9-19-23(3)16(12)21-11(2)20-15/h4-7,9-10H,8H2,1-3H3,(H,18,20,21). The lowest BCUT2D eigenvalue weighted by Gasteiger charge is -2.11. The first kappa shape index (κ1) is 15.0. The molecule has 3 heterocycles. The maximum absolute atomic E-state index is 4.74. The molecule has 0 saturated heterocycles. The molecule has 4 aromatic rings. The summed E-state index contributed by atoms with van der Waals surface area (Å²) < 4.78 is 3.00. The predicted octanol–water partition coefficient (Wildman–Crippen LogP) is 3.50. The fourth-order valence-electron chi connectivity index (χ4n) is 2.70. The van der Waals surface area contributed by atoms with Gasteiger partial charge in [0.05, 0.1) is 26.8 Å². The summed E-state index contributed by atoms with van der Waals surface area (Å²) in [6.45, 7) is 4.84. The Morgan fingerprint density at radius 1 is 1.21 bits per heavy atom. The van der Waals surface area contributed by atoms with Gasteiger partial charge in [-0.1, -0.05) is 19.1 Å². The molecular weight excluding hydrogens is 320 g/mol. The summed E-state index contributed by atoms with van der Waals surface area (Å²) in [4.78, 5) is 13.7. The van der Waals surface area contributed by atoms with Gasteiger partial charge in [-0.3, -0.25) is 4.68 Å². The van der Waals surface area contributed by atoms with Crippen LogP contribution in [0.15, 0.2) is 30.5 Å². The van der Waals surface area contributed by atoms with Gasteiger partial charge in [-0.15, -0.1) is 11.3 Å². The minimum Gasteiger partial charge on any atom is -0.369 e. The zero-order valence-corrected chi connectivity index (χ0v) is 14.6. The van der Waals surface area contributed by atoms with Gasteiger partial charge in [-0.2, -0.15) is 5.10 Å². The third-order valence-corrected chi connectivity index (χ3v) is 5.28. The Bertz CT molecular complexity index is 985. The van der Waals surface area contributed by atoms with Crippen molar-refractivity contribution in [1.29, 1.82) is 0 Å². The second-order valence-electron chi connectivity index (χ2n) is 5.93. The maximum atomic E-state index is 4.74. The van der Waals surface area contributed by atoms with E-state index < -0.39 is 0 Å². The highest BCUT2D eigenvalue weighted by Gasteiger charge is 2.14. The smallest absolute Gasteiger partial charge is 0.163 e. The molecule has 122 valence electrons. The Kier molecular flexibility index (Phi) is 3.65. The summed E-state index contributed by atoms with van der Waals surface area (Å²) in [5, 5.41) is 9.80. The van der Waals surface area contributed by atoms with Crippen molar-refractivity contribution in [3.8, 4) is 0 Å². The summed E-state index contributed by atoms with van der Waals surface area (Å²) >= 11 is 1.75. The van der Waals surface area contributed by atoms with E-state index in [9.17, 15) is 0 Å². The summed E-state index contributed by atoms with van der Waals surface area (Å²) in [5.41, 5.74) is 1.91. The molecule has 0 fully saturated rings. The summed E-state index contributed by atoms with van der Waals surface area (Å²) in [6.07, 6.45) is 1.81. The van der Waals surface area contributed by atoms with Crippen molar-refractivity contribution in [2.45, 2.75) is 19.8 Å². The van der Waals surface area contributed by atoms with Gasteiger partial charge >= 0.3 is 0 Å². The number of aromatic nitrogens is 5. The Labute approximate surface area is 143 Å². The monoisotopic (exact) mass is 338 g/mol. The summed E-state index contributed by atoms with van der Waals surface area (Å²) in [7, 11) is 1.89. The average Bonchev–Trinajstić information content (AvgIpc) is 3.16. The molecule has 4 rings (SSSR count). The van der Waals surface area contributed by atoms with Crippen LogP contribution in [0.5, 0.6) is 0 Å². The van der Waals surface area contributed by atoms with Crippen LogP contribution in [0.3, 0.4) is 0 Å². The summed E-state index contributed by atoms with van der Waals surface area (Å²) in [5.74, 6) is 1.86. The molecule has 0 aliphatic rings. The van der Waals surface area contributed by atoms with Crippen LogP contribution in [0.1, 0.15) is 23.7 Å². The fraction of sp³-hybridized carbons (Fsp3) is 0.294. The number of para-hydroxylation sites is 1. The number of nitrogens with zero attached hydrogens (tertiary/aromatic N) is 5. The third kappa shape index (κ3) is 2.60. The molecule has 0 amide bonds. The van der Waals surface area contributed by atoms with Crippen LogP contribution in [0.25, 0.3) is 21.3 Å². The molecule has 1 atom stereocenters. The van der Waals surface area contributed by atoms with E-state index in [1.54, 1.807) is 22.2 Å². The van der Waals surface area contributed by atoms with E-state index in [4.69, 9.17) is 4.98 Å². The van der Waals surface area contributed by atoms with Crippen molar-refractivity contribution in [3.63, 3.8) is 0 Å². The second kappa shape index (κ2) is 5.83. The molecule has 0 spiro atoms. The van der Waals surface area contributed by atoms with Gasteiger partial charge in [-0.25, -0.2) is 15.0 Å². The highest BCUT2D eigenvalue weighted by Crippen LogP contribution is 2.28. The Balaban J connectivity index is 1.58. The molecule has 0 bridgehead atoms. The number of nitrogens with one attached hydrogen (secondary N) is 1.